The van der Waals surface area contributed by atoms with Gasteiger partial charge in [-0.15, -0.1) is 0 Å². The number of carbonyl (C=O) groups is 2. The lowest BCUT2D eigenvalue weighted by atomic mass is 10.1. The molecule has 1 saturated heterocycles. The average Bonchev–Trinajstić information content (AvgIpc) is 2.15. The third kappa shape index (κ3) is 1.94. The van der Waals surface area contributed by atoms with Crippen LogP contribution >= 0.6 is 0 Å². The molecule has 1 unspecified atom stereocenters. The Labute approximate surface area is 70.1 Å². The average molecular weight is 172 g/mol. The van der Waals surface area contributed by atoms with Crippen molar-refractivity contribution in [1.29, 1.82) is 0 Å². The van der Waals surface area contributed by atoms with Crippen LogP contribution in [-0.4, -0.2) is 41.0 Å². The van der Waals surface area contributed by atoms with Crippen molar-refractivity contribution in [2.24, 2.45) is 5.73 Å². The Morgan fingerprint density at radius 3 is 2.92 bits per heavy atom. The second kappa shape index (κ2) is 3.53. The molecule has 0 radical (unpaired) electrons. The van der Waals surface area contributed by atoms with E-state index in [0.717, 1.165) is 4.90 Å². The van der Waals surface area contributed by atoms with Crippen LogP contribution in [0.15, 0.2) is 0 Å². The summed E-state index contributed by atoms with van der Waals surface area (Å²) < 4.78 is 0. The van der Waals surface area contributed by atoms with Gasteiger partial charge in [-0.25, -0.2) is 4.79 Å². The number of hydrogen-bond acceptors (Lipinski definition) is 3. The van der Waals surface area contributed by atoms with E-state index in [1.165, 1.54) is 0 Å². The van der Waals surface area contributed by atoms with E-state index in [1.807, 2.05) is 0 Å². The van der Waals surface area contributed by atoms with E-state index in [0.29, 0.717) is 19.4 Å². The molecule has 0 aliphatic carbocycles. The summed E-state index contributed by atoms with van der Waals surface area (Å²) in [6, 6.07) is -0.477. The SMILES string of the molecule is NC1CCCN(C(=O)O)CC1=O. The number of nitrogens with two attached hydrogens (primary N) is 1. The number of carbonyl (C=O) groups excluding carboxylic acids is 1. The Bertz CT molecular complexity index is 205. The molecule has 0 aromatic rings. The maximum atomic E-state index is 11.1. The molecule has 5 heteroatoms. The van der Waals surface area contributed by atoms with Crippen LogP contribution in [0.25, 0.3) is 0 Å². The highest BCUT2D eigenvalue weighted by molar-refractivity contribution is 5.88. The third-order valence-electron chi connectivity index (χ3n) is 1.97. The van der Waals surface area contributed by atoms with Gasteiger partial charge in [0, 0.05) is 6.54 Å². The first-order valence-corrected chi connectivity index (χ1v) is 3.87. The zero-order valence-electron chi connectivity index (χ0n) is 6.69. The van der Waals surface area contributed by atoms with Crippen LogP contribution in [0.3, 0.4) is 0 Å². The number of likely N-dealkylation sites (tertiary alicyclic amines) is 1. The number of rotatable bonds is 0. The normalized spacial score (nSPS) is 25.2. The fourth-order valence-electron chi connectivity index (χ4n) is 1.21. The van der Waals surface area contributed by atoms with Crippen LogP contribution in [-0.2, 0) is 4.79 Å². The number of Topliss-reactive ketones (excluding diaryl/α,β-unsaturated/α-hetero) is 1. The molecule has 0 saturated carbocycles. The molecule has 0 spiro atoms. The molecule has 1 heterocycles. The summed E-state index contributed by atoms with van der Waals surface area (Å²) in [5.74, 6) is -0.185. The fraction of sp³-hybridized carbons (Fsp3) is 0.714. The van der Waals surface area contributed by atoms with Gasteiger partial charge in [0.05, 0.1) is 12.6 Å². The molecule has 0 aromatic heterocycles. The van der Waals surface area contributed by atoms with Gasteiger partial charge in [-0.2, -0.15) is 0 Å². The monoisotopic (exact) mass is 172 g/mol. The number of nitrogens with zero attached hydrogens (tertiary/aromatic N) is 1. The van der Waals surface area contributed by atoms with Crippen molar-refractivity contribution in [1.82, 2.24) is 4.90 Å². The van der Waals surface area contributed by atoms with Gasteiger partial charge in [0.15, 0.2) is 5.78 Å². The number of carboxylic acid groups (broad SMARTS) is 1. The van der Waals surface area contributed by atoms with Crippen molar-refractivity contribution in [3.63, 3.8) is 0 Å². The molecule has 5 nitrogen and oxygen atoms in total. The summed E-state index contributed by atoms with van der Waals surface area (Å²) in [5.41, 5.74) is 5.47. The number of ketones is 1. The van der Waals surface area contributed by atoms with Crippen molar-refractivity contribution in [2.45, 2.75) is 18.9 Å². The van der Waals surface area contributed by atoms with E-state index in [9.17, 15) is 9.59 Å². The molecule has 1 atom stereocenters. The molecule has 12 heavy (non-hydrogen) atoms. The predicted octanol–water partition coefficient (Wildman–Crippen LogP) is -0.343. The molecule has 1 fully saturated rings. The summed E-state index contributed by atoms with van der Waals surface area (Å²) in [7, 11) is 0. The summed E-state index contributed by atoms with van der Waals surface area (Å²) in [6.07, 6.45) is 0.208. The maximum absolute atomic E-state index is 11.1. The van der Waals surface area contributed by atoms with Crippen LogP contribution in [0.2, 0.25) is 0 Å². The van der Waals surface area contributed by atoms with Gasteiger partial charge >= 0.3 is 6.09 Å². The summed E-state index contributed by atoms with van der Waals surface area (Å²) >= 11 is 0. The summed E-state index contributed by atoms with van der Waals surface area (Å²) in [6.45, 7) is 0.352. The van der Waals surface area contributed by atoms with E-state index >= 15 is 0 Å². The van der Waals surface area contributed by atoms with E-state index in [4.69, 9.17) is 10.8 Å². The van der Waals surface area contributed by atoms with Crippen molar-refractivity contribution >= 4 is 11.9 Å². The molecule has 1 amide bonds. The Balaban J connectivity index is 2.60. The fourth-order valence-corrected chi connectivity index (χ4v) is 1.21. The molecule has 0 bridgehead atoms. The quantitative estimate of drug-likeness (QED) is 0.523. The Kier molecular flexibility index (Phi) is 2.65. The van der Waals surface area contributed by atoms with E-state index < -0.39 is 12.1 Å². The minimum Gasteiger partial charge on any atom is -0.465 e. The Morgan fingerprint density at radius 1 is 1.67 bits per heavy atom. The second-order valence-corrected chi connectivity index (χ2v) is 2.92. The van der Waals surface area contributed by atoms with Gasteiger partial charge in [-0.05, 0) is 12.8 Å². The Hall–Kier alpha value is -1.10. The van der Waals surface area contributed by atoms with E-state index in [-0.39, 0.29) is 12.3 Å². The van der Waals surface area contributed by atoms with Gasteiger partial charge < -0.3 is 15.7 Å². The summed E-state index contributed by atoms with van der Waals surface area (Å²) in [5, 5.41) is 8.60. The smallest absolute Gasteiger partial charge is 0.407 e. The lowest BCUT2D eigenvalue weighted by molar-refractivity contribution is -0.120. The molecule has 68 valence electrons. The summed E-state index contributed by atoms with van der Waals surface area (Å²) in [4.78, 5) is 22.7. The van der Waals surface area contributed by atoms with Crippen molar-refractivity contribution in [3.05, 3.63) is 0 Å². The van der Waals surface area contributed by atoms with Crippen LogP contribution in [0.1, 0.15) is 12.8 Å². The van der Waals surface area contributed by atoms with Crippen molar-refractivity contribution in [2.75, 3.05) is 13.1 Å². The van der Waals surface area contributed by atoms with Gasteiger partial charge in [0.2, 0.25) is 0 Å². The molecule has 1 aliphatic heterocycles. The van der Waals surface area contributed by atoms with Gasteiger partial charge in [-0.1, -0.05) is 0 Å². The zero-order valence-corrected chi connectivity index (χ0v) is 6.69. The first-order valence-electron chi connectivity index (χ1n) is 3.87. The highest BCUT2D eigenvalue weighted by Crippen LogP contribution is 2.06. The first kappa shape index (κ1) is 8.99. The predicted molar refractivity (Wildman–Crippen MR) is 41.8 cm³/mol. The van der Waals surface area contributed by atoms with Crippen LogP contribution < -0.4 is 5.73 Å². The molecule has 3 N–H and O–H groups in total. The molecular formula is C7H12N2O3. The van der Waals surface area contributed by atoms with Gasteiger partial charge in [0.1, 0.15) is 0 Å². The number of hydrogen-bond donors (Lipinski definition) is 2. The van der Waals surface area contributed by atoms with Gasteiger partial charge in [-0.3, -0.25) is 4.79 Å². The van der Waals surface area contributed by atoms with Crippen LogP contribution in [0.4, 0.5) is 4.79 Å². The standard InChI is InChI=1S/C7H12N2O3/c8-5-2-1-3-9(7(11)12)4-6(5)10/h5H,1-4,8H2,(H,11,12). The molecule has 0 aromatic carbocycles. The third-order valence-corrected chi connectivity index (χ3v) is 1.97. The highest BCUT2D eigenvalue weighted by Gasteiger charge is 2.23. The van der Waals surface area contributed by atoms with Crippen LogP contribution in [0, 0.1) is 0 Å². The highest BCUT2D eigenvalue weighted by atomic mass is 16.4. The topological polar surface area (TPSA) is 83.6 Å². The molecule has 1 rings (SSSR count). The first-order chi connectivity index (χ1) is 5.61. The van der Waals surface area contributed by atoms with Gasteiger partial charge in [0.25, 0.3) is 0 Å². The maximum Gasteiger partial charge on any atom is 0.407 e. The minimum atomic E-state index is -1.04. The minimum absolute atomic E-state index is 0.0590. The number of amides is 1. The molecular weight excluding hydrogens is 160 g/mol. The lowest BCUT2D eigenvalue weighted by Gasteiger charge is -2.14. The molecule has 1 aliphatic rings. The van der Waals surface area contributed by atoms with Crippen molar-refractivity contribution < 1.29 is 14.7 Å². The van der Waals surface area contributed by atoms with Crippen LogP contribution in [0.5, 0.6) is 0 Å². The van der Waals surface area contributed by atoms with Crippen molar-refractivity contribution in [3.8, 4) is 0 Å². The van der Waals surface area contributed by atoms with E-state index in [2.05, 4.69) is 0 Å². The zero-order chi connectivity index (χ0) is 9.14. The second-order valence-electron chi connectivity index (χ2n) is 2.92. The largest absolute Gasteiger partial charge is 0.465 e. The van der Waals surface area contributed by atoms with E-state index in [1.54, 1.807) is 0 Å². The lowest BCUT2D eigenvalue weighted by Crippen LogP contribution is -2.38. The Morgan fingerprint density at radius 2 is 2.33 bits per heavy atom.